The number of nitrogens with one attached hydrogen (secondary N) is 3. The van der Waals surface area contributed by atoms with Gasteiger partial charge in [-0.2, -0.15) is 0 Å². The molecule has 0 radical (unpaired) electrons. The summed E-state index contributed by atoms with van der Waals surface area (Å²) in [5, 5.41) is 2.78. The van der Waals surface area contributed by atoms with Crippen LogP contribution in [-0.2, 0) is 16.0 Å². The zero-order valence-corrected chi connectivity index (χ0v) is 24.8. The summed E-state index contributed by atoms with van der Waals surface area (Å²) in [6.07, 6.45) is 2.84. The second-order valence-electron chi connectivity index (χ2n) is 9.41. The number of methoxy groups -OCH3 is 3. The van der Waals surface area contributed by atoms with E-state index in [1.165, 1.54) is 57.7 Å². The van der Waals surface area contributed by atoms with Crippen molar-refractivity contribution in [1.29, 1.82) is 0 Å². The summed E-state index contributed by atoms with van der Waals surface area (Å²) in [5.41, 5.74) is 6.91. The largest absolute Gasteiger partial charge is 0.493 e. The van der Waals surface area contributed by atoms with E-state index in [1.807, 2.05) is 30.3 Å². The molecular formula is C34H31N3O8. The third-order valence-electron chi connectivity index (χ3n) is 6.37. The average molecular weight is 610 g/mol. The van der Waals surface area contributed by atoms with Gasteiger partial charge in [-0.15, -0.1) is 0 Å². The minimum absolute atomic E-state index is 0.159. The third kappa shape index (κ3) is 8.71. The minimum Gasteiger partial charge on any atom is -0.493 e. The van der Waals surface area contributed by atoms with Gasteiger partial charge in [0.25, 0.3) is 11.8 Å². The normalized spacial score (nSPS) is 10.5. The van der Waals surface area contributed by atoms with E-state index in [1.54, 1.807) is 36.4 Å². The number of esters is 1. The van der Waals surface area contributed by atoms with Crippen LogP contribution < -0.4 is 35.1 Å². The number of hydrogen-bond acceptors (Lipinski definition) is 8. The lowest BCUT2D eigenvalue weighted by Crippen LogP contribution is -2.40. The summed E-state index contributed by atoms with van der Waals surface area (Å²) >= 11 is 0. The number of anilines is 1. The second-order valence-corrected chi connectivity index (χ2v) is 9.41. The number of ether oxygens (including phenoxy) is 4. The van der Waals surface area contributed by atoms with Crippen molar-refractivity contribution >= 4 is 35.5 Å². The number of amides is 3. The number of rotatable bonds is 11. The third-order valence-corrected chi connectivity index (χ3v) is 6.37. The van der Waals surface area contributed by atoms with Crippen molar-refractivity contribution in [1.82, 2.24) is 10.9 Å². The predicted molar refractivity (Wildman–Crippen MR) is 167 cm³/mol. The molecule has 0 aliphatic heterocycles. The molecule has 4 rings (SSSR count). The van der Waals surface area contributed by atoms with E-state index in [4.69, 9.17) is 18.9 Å². The van der Waals surface area contributed by atoms with Gasteiger partial charge in [-0.1, -0.05) is 48.5 Å². The molecule has 45 heavy (non-hydrogen) atoms. The lowest BCUT2D eigenvalue weighted by atomic mass is 10.1. The molecule has 0 atom stereocenters. The van der Waals surface area contributed by atoms with Crippen molar-refractivity contribution in [2.75, 3.05) is 26.6 Å². The second kappa shape index (κ2) is 15.4. The van der Waals surface area contributed by atoms with Crippen LogP contribution in [0, 0.1) is 0 Å². The van der Waals surface area contributed by atoms with Gasteiger partial charge in [0.2, 0.25) is 11.7 Å². The molecule has 4 aromatic carbocycles. The molecule has 0 bridgehead atoms. The Morgan fingerprint density at radius 2 is 1.33 bits per heavy atom. The molecular weight excluding hydrogens is 578 g/mol. The molecule has 0 heterocycles. The number of carbonyl (C=O) groups is 4. The van der Waals surface area contributed by atoms with Gasteiger partial charge < -0.3 is 24.3 Å². The number of benzene rings is 4. The van der Waals surface area contributed by atoms with E-state index in [0.717, 1.165) is 5.56 Å². The molecule has 4 aromatic rings. The van der Waals surface area contributed by atoms with Crippen molar-refractivity contribution in [3.05, 3.63) is 119 Å². The van der Waals surface area contributed by atoms with Crippen molar-refractivity contribution in [2.24, 2.45) is 0 Å². The van der Waals surface area contributed by atoms with Crippen LogP contribution in [0.15, 0.2) is 97.1 Å². The topological polar surface area (TPSA) is 141 Å². The summed E-state index contributed by atoms with van der Waals surface area (Å²) < 4.78 is 21.5. The minimum atomic E-state index is -0.686. The Morgan fingerprint density at radius 3 is 1.98 bits per heavy atom. The molecule has 3 N–H and O–H groups in total. The summed E-state index contributed by atoms with van der Waals surface area (Å²) in [7, 11) is 4.33. The van der Waals surface area contributed by atoms with Gasteiger partial charge in [0.05, 0.1) is 33.3 Å². The zero-order chi connectivity index (χ0) is 32.2. The maximum absolute atomic E-state index is 13.0. The van der Waals surface area contributed by atoms with Gasteiger partial charge in [0, 0.05) is 22.9 Å². The monoisotopic (exact) mass is 609 g/mol. The first-order valence-electron chi connectivity index (χ1n) is 13.6. The lowest BCUT2D eigenvalue weighted by molar-refractivity contribution is -0.117. The highest BCUT2D eigenvalue weighted by atomic mass is 16.5. The maximum Gasteiger partial charge on any atom is 0.343 e. The SMILES string of the molecule is COc1cc(C(=O)Oc2ccccc2/C=C/C(=O)NNC(=O)c2ccc(NC(=O)Cc3ccccc3)cc2)cc(OC)c1OC. The quantitative estimate of drug-likeness (QED) is 0.0971. The van der Waals surface area contributed by atoms with Crippen LogP contribution in [0.25, 0.3) is 6.08 Å². The Labute approximate surface area is 259 Å². The first-order chi connectivity index (χ1) is 21.8. The molecule has 11 heteroatoms. The summed E-state index contributed by atoms with van der Waals surface area (Å²) in [4.78, 5) is 50.2. The van der Waals surface area contributed by atoms with Crippen LogP contribution in [0.3, 0.4) is 0 Å². The van der Waals surface area contributed by atoms with E-state index in [0.29, 0.717) is 17.0 Å². The van der Waals surface area contributed by atoms with Crippen LogP contribution in [0.5, 0.6) is 23.0 Å². The first kappa shape index (κ1) is 31.8. The Balaban J connectivity index is 1.32. The van der Waals surface area contributed by atoms with Gasteiger partial charge in [-0.25, -0.2) is 4.79 Å². The molecule has 0 spiro atoms. The number of carbonyl (C=O) groups excluding carboxylic acids is 4. The fourth-order valence-electron chi connectivity index (χ4n) is 4.16. The van der Waals surface area contributed by atoms with Crippen molar-refractivity contribution in [3.63, 3.8) is 0 Å². The fraction of sp³-hybridized carbons (Fsp3) is 0.118. The first-order valence-corrected chi connectivity index (χ1v) is 13.6. The molecule has 0 aliphatic rings. The Kier molecular flexibility index (Phi) is 10.9. The number of para-hydroxylation sites is 1. The molecule has 0 aliphatic carbocycles. The summed E-state index contributed by atoms with van der Waals surface area (Å²) in [5.74, 6) is -0.950. The van der Waals surface area contributed by atoms with Crippen LogP contribution in [-0.4, -0.2) is 45.0 Å². The van der Waals surface area contributed by atoms with Crippen molar-refractivity contribution in [3.8, 4) is 23.0 Å². The van der Waals surface area contributed by atoms with Gasteiger partial charge in [0.15, 0.2) is 11.5 Å². The van der Waals surface area contributed by atoms with Crippen LogP contribution in [0.1, 0.15) is 31.8 Å². The molecule has 0 saturated carbocycles. The summed E-state index contributed by atoms with van der Waals surface area (Å²) in [6, 6.07) is 25.1. The average Bonchev–Trinajstić information content (AvgIpc) is 3.06. The Hall–Kier alpha value is -6.10. The van der Waals surface area contributed by atoms with Gasteiger partial charge in [-0.05, 0) is 54.1 Å². The van der Waals surface area contributed by atoms with E-state index >= 15 is 0 Å². The molecule has 230 valence electrons. The number of hydrazine groups is 1. The number of hydrogen-bond donors (Lipinski definition) is 3. The molecule has 0 unspecified atom stereocenters. The standard InChI is InChI=1S/C34H31N3O8/c1-42-28-20-25(21-29(43-2)32(28)44-3)34(41)45-27-12-8-7-11-23(27)15-18-30(38)36-37-33(40)24-13-16-26(17-14-24)35-31(39)19-22-9-5-4-6-10-22/h4-18,20-21H,19H2,1-3H3,(H,35,39)(H,36,38)(H,37,40)/b18-15+. The van der Waals surface area contributed by atoms with Gasteiger partial charge >= 0.3 is 5.97 Å². The van der Waals surface area contributed by atoms with Crippen molar-refractivity contribution < 1.29 is 38.1 Å². The van der Waals surface area contributed by atoms with E-state index in [9.17, 15) is 19.2 Å². The Bertz CT molecular complexity index is 1680. The molecule has 0 fully saturated rings. The smallest absolute Gasteiger partial charge is 0.343 e. The Morgan fingerprint density at radius 1 is 0.689 bits per heavy atom. The molecule has 3 amide bonds. The molecule has 11 nitrogen and oxygen atoms in total. The van der Waals surface area contributed by atoms with Crippen LogP contribution in [0.2, 0.25) is 0 Å². The molecule has 0 aromatic heterocycles. The van der Waals surface area contributed by atoms with Gasteiger partial charge in [-0.3, -0.25) is 25.2 Å². The van der Waals surface area contributed by atoms with Crippen LogP contribution >= 0.6 is 0 Å². The maximum atomic E-state index is 13.0. The summed E-state index contributed by atoms with van der Waals surface area (Å²) in [6.45, 7) is 0. The van der Waals surface area contributed by atoms with E-state index in [2.05, 4.69) is 16.2 Å². The van der Waals surface area contributed by atoms with Gasteiger partial charge in [0.1, 0.15) is 5.75 Å². The van der Waals surface area contributed by atoms with Crippen molar-refractivity contribution in [2.45, 2.75) is 6.42 Å². The lowest BCUT2D eigenvalue weighted by Gasteiger charge is -2.14. The van der Waals surface area contributed by atoms with E-state index in [-0.39, 0.29) is 40.7 Å². The zero-order valence-electron chi connectivity index (χ0n) is 24.8. The predicted octanol–water partition coefficient (Wildman–Crippen LogP) is 4.59. The van der Waals surface area contributed by atoms with E-state index < -0.39 is 17.8 Å². The fourth-order valence-corrected chi connectivity index (χ4v) is 4.16. The van der Waals surface area contributed by atoms with Crippen LogP contribution in [0.4, 0.5) is 5.69 Å². The highest BCUT2D eigenvalue weighted by Gasteiger charge is 2.19. The highest BCUT2D eigenvalue weighted by Crippen LogP contribution is 2.38. The molecule has 0 saturated heterocycles. The highest BCUT2D eigenvalue weighted by molar-refractivity contribution is 5.99.